The van der Waals surface area contributed by atoms with Crippen molar-refractivity contribution in [3.05, 3.63) is 36.3 Å². The molecule has 1 saturated heterocycles. The summed E-state index contributed by atoms with van der Waals surface area (Å²) in [6.07, 6.45) is 5.53. The minimum atomic E-state index is 0.205. The van der Waals surface area contributed by atoms with Crippen LogP contribution in [0.4, 0.5) is 5.82 Å². The molecule has 8 nitrogen and oxygen atoms in total. The monoisotopic (exact) mass is 313 g/mol. The first-order valence-electron chi connectivity index (χ1n) is 7.97. The second kappa shape index (κ2) is 6.33. The molecule has 0 radical (unpaired) electrons. The first-order valence-corrected chi connectivity index (χ1v) is 7.97. The lowest BCUT2D eigenvalue weighted by molar-refractivity contribution is 0.152. The number of hydrogen-bond donors (Lipinski definition) is 1. The van der Waals surface area contributed by atoms with Crippen molar-refractivity contribution in [2.45, 2.75) is 25.3 Å². The van der Waals surface area contributed by atoms with Crippen molar-refractivity contribution in [3.63, 3.8) is 0 Å². The molecule has 0 amide bonds. The average Bonchev–Trinajstić information content (AvgIpc) is 3.27. The molecule has 1 aliphatic rings. The Morgan fingerprint density at radius 3 is 2.91 bits per heavy atom. The van der Waals surface area contributed by atoms with Gasteiger partial charge in [0.05, 0.1) is 12.3 Å². The zero-order valence-corrected chi connectivity index (χ0v) is 12.8. The molecule has 3 aromatic rings. The molecular formula is C15H19N7O. The number of aromatic nitrogens is 5. The summed E-state index contributed by atoms with van der Waals surface area (Å²) in [6.45, 7) is 2.94. The molecule has 1 fully saturated rings. The summed E-state index contributed by atoms with van der Waals surface area (Å²) in [6, 6.07) is 7.92. The van der Waals surface area contributed by atoms with Gasteiger partial charge in [-0.1, -0.05) is 6.42 Å². The largest absolute Gasteiger partial charge is 0.468 e. The van der Waals surface area contributed by atoms with Crippen molar-refractivity contribution >= 4 is 11.5 Å². The molecule has 1 aliphatic heterocycles. The number of likely N-dealkylation sites (tertiary alicyclic amines) is 1. The van der Waals surface area contributed by atoms with Crippen LogP contribution in [0.25, 0.3) is 5.65 Å². The van der Waals surface area contributed by atoms with Gasteiger partial charge in [-0.15, -0.1) is 14.8 Å². The Labute approximate surface area is 133 Å². The minimum Gasteiger partial charge on any atom is -0.468 e. The maximum atomic E-state index is 5.66. The number of piperidine rings is 1. The van der Waals surface area contributed by atoms with Gasteiger partial charge in [0.25, 0.3) is 0 Å². The molecule has 8 heteroatoms. The molecule has 1 atom stereocenters. The van der Waals surface area contributed by atoms with Gasteiger partial charge in [-0.2, -0.15) is 0 Å². The Bertz CT molecular complexity index is 748. The lowest BCUT2D eigenvalue weighted by Crippen LogP contribution is -2.37. The Balaban J connectivity index is 1.50. The first kappa shape index (κ1) is 14.1. The van der Waals surface area contributed by atoms with Crippen LogP contribution < -0.4 is 5.32 Å². The van der Waals surface area contributed by atoms with E-state index >= 15 is 0 Å². The van der Waals surface area contributed by atoms with Crippen molar-refractivity contribution in [3.8, 4) is 0 Å². The molecule has 1 N–H and O–H groups in total. The predicted octanol–water partition coefficient (Wildman–Crippen LogP) is 1.75. The summed E-state index contributed by atoms with van der Waals surface area (Å²) in [7, 11) is 0. The van der Waals surface area contributed by atoms with Crippen LogP contribution in [-0.4, -0.2) is 49.8 Å². The summed E-state index contributed by atoms with van der Waals surface area (Å²) in [4.78, 5) is 2.48. The van der Waals surface area contributed by atoms with Crippen LogP contribution in [0.15, 0.2) is 34.9 Å². The van der Waals surface area contributed by atoms with Crippen LogP contribution in [0.2, 0.25) is 0 Å². The second-order valence-electron chi connectivity index (χ2n) is 5.75. The van der Waals surface area contributed by atoms with E-state index in [2.05, 4.69) is 30.8 Å². The van der Waals surface area contributed by atoms with Gasteiger partial charge in [-0.25, -0.2) is 0 Å². The molecule has 0 unspecified atom stereocenters. The highest BCUT2D eigenvalue weighted by atomic mass is 16.3. The van der Waals surface area contributed by atoms with E-state index in [1.807, 2.05) is 24.3 Å². The fraction of sp³-hybridized carbons (Fsp3) is 0.467. The molecule has 4 heterocycles. The summed E-state index contributed by atoms with van der Waals surface area (Å²) >= 11 is 0. The number of anilines is 1. The van der Waals surface area contributed by atoms with E-state index < -0.39 is 0 Å². The van der Waals surface area contributed by atoms with E-state index in [0.29, 0.717) is 5.65 Å². The minimum absolute atomic E-state index is 0.205. The third-order valence-corrected chi connectivity index (χ3v) is 4.25. The van der Waals surface area contributed by atoms with E-state index in [1.165, 1.54) is 23.9 Å². The smallest absolute Gasteiger partial charge is 0.200 e. The molecule has 4 rings (SSSR count). The van der Waals surface area contributed by atoms with Crippen LogP contribution in [0.1, 0.15) is 31.1 Å². The molecule has 0 bridgehead atoms. The number of hydrogen-bond acceptors (Lipinski definition) is 7. The van der Waals surface area contributed by atoms with Crippen LogP contribution in [0, 0.1) is 0 Å². The van der Waals surface area contributed by atoms with E-state index in [4.69, 9.17) is 4.42 Å². The highest BCUT2D eigenvalue weighted by Gasteiger charge is 2.24. The Kier molecular flexibility index (Phi) is 3.89. The van der Waals surface area contributed by atoms with Crippen LogP contribution in [-0.2, 0) is 0 Å². The Hall–Kier alpha value is -2.48. The quantitative estimate of drug-likeness (QED) is 0.768. The van der Waals surface area contributed by atoms with Crippen molar-refractivity contribution in [1.82, 2.24) is 30.2 Å². The molecule has 0 spiro atoms. The van der Waals surface area contributed by atoms with Gasteiger partial charge in [0.1, 0.15) is 11.6 Å². The SMILES string of the molecule is c1coc([C@@H](CNc2ccc3nnnn3n2)N2CCCCC2)c1. The fourth-order valence-electron chi connectivity index (χ4n) is 3.07. The summed E-state index contributed by atoms with van der Waals surface area (Å²) < 4.78 is 7.08. The average molecular weight is 313 g/mol. The van der Waals surface area contributed by atoms with Gasteiger partial charge < -0.3 is 9.73 Å². The van der Waals surface area contributed by atoms with E-state index in [9.17, 15) is 0 Å². The normalized spacial score (nSPS) is 17.4. The fourth-order valence-corrected chi connectivity index (χ4v) is 3.07. The summed E-state index contributed by atoms with van der Waals surface area (Å²) in [5.41, 5.74) is 0.633. The molecular weight excluding hydrogens is 294 g/mol. The predicted molar refractivity (Wildman–Crippen MR) is 83.9 cm³/mol. The van der Waals surface area contributed by atoms with Gasteiger partial charge >= 0.3 is 0 Å². The highest BCUT2D eigenvalue weighted by molar-refractivity contribution is 5.42. The molecule has 120 valence electrons. The van der Waals surface area contributed by atoms with Crippen LogP contribution in [0.3, 0.4) is 0 Å². The molecule has 0 aliphatic carbocycles. The lowest BCUT2D eigenvalue weighted by atomic mass is 10.1. The van der Waals surface area contributed by atoms with Crippen molar-refractivity contribution < 1.29 is 4.42 Å². The number of furan rings is 1. The number of nitrogens with one attached hydrogen (secondary N) is 1. The molecule has 0 saturated carbocycles. The van der Waals surface area contributed by atoms with E-state index in [0.717, 1.165) is 31.2 Å². The third-order valence-electron chi connectivity index (χ3n) is 4.25. The summed E-state index contributed by atoms with van der Waals surface area (Å²) in [5, 5.41) is 19.0. The maximum Gasteiger partial charge on any atom is 0.200 e. The number of fused-ring (bicyclic) bond motifs is 1. The number of nitrogens with zero attached hydrogens (tertiary/aromatic N) is 6. The van der Waals surface area contributed by atoms with Crippen molar-refractivity contribution in [2.75, 3.05) is 25.0 Å². The molecule has 3 aromatic heterocycles. The van der Waals surface area contributed by atoms with Gasteiger partial charge in [0, 0.05) is 6.54 Å². The third kappa shape index (κ3) is 3.02. The van der Waals surface area contributed by atoms with Crippen molar-refractivity contribution in [1.29, 1.82) is 0 Å². The lowest BCUT2D eigenvalue weighted by Gasteiger charge is -2.33. The molecule has 23 heavy (non-hydrogen) atoms. The van der Waals surface area contributed by atoms with Crippen LogP contribution >= 0.6 is 0 Å². The summed E-state index contributed by atoms with van der Waals surface area (Å²) in [5.74, 6) is 1.74. The molecule has 0 aromatic carbocycles. The maximum absolute atomic E-state index is 5.66. The second-order valence-corrected chi connectivity index (χ2v) is 5.75. The zero-order chi connectivity index (χ0) is 15.5. The topological polar surface area (TPSA) is 84.4 Å². The highest BCUT2D eigenvalue weighted by Crippen LogP contribution is 2.25. The Morgan fingerprint density at radius 2 is 2.09 bits per heavy atom. The number of rotatable bonds is 5. The van der Waals surface area contributed by atoms with Gasteiger partial charge in [-0.05, 0) is 60.6 Å². The van der Waals surface area contributed by atoms with Gasteiger partial charge in [0.2, 0.25) is 0 Å². The van der Waals surface area contributed by atoms with Gasteiger partial charge in [0.15, 0.2) is 5.65 Å². The van der Waals surface area contributed by atoms with Crippen LogP contribution in [0.5, 0.6) is 0 Å². The van der Waals surface area contributed by atoms with E-state index in [-0.39, 0.29) is 6.04 Å². The standard InChI is InChI=1S/C15H19N7O/c1-2-8-21(9-3-1)12(13-5-4-10-23-13)11-16-14-6-7-15-17-19-20-22(15)18-14/h4-7,10,12H,1-3,8-9,11H2,(H,16,18)/t12-/m1/s1. The van der Waals surface area contributed by atoms with Gasteiger partial charge in [-0.3, -0.25) is 4.90 Å². The first-order chi connectivity index (χ1) is 11.4. The number of tetrazole rings is 1. The Morgan fingerprint density at radius 1 is 1.17 bits per heavy atom. The van der Waals surface area contributed by atoms with E-state index in [1.54, 1.807) is 6.26 Å². The van der Waals surface area contributed by atoms with Crippen molar-refractivity contribution in [2.24, 2.45) is 0 Å². The zero-order valence-electron chi connectivity index (χ0n) is 12.8.